The molecule has 2 aromatic rings. The number of carbonyl (C=O) groups is 1. The number of nitrogens with one attached hydrogen (secondary N) is 1. The zero-order valence-corrected chi connectivity index (χ0v) is 16.5. The van der Waals surface area contributed by atoms with E-state index in [0.29, 0.717) is 24.3 Å². The first-order chi connectivity index (χ1) is 12.9. The quantitative estimate of drug-likeness (QED) is 0.855. The van der Waals surface area contributed by atoms with Crippen LogP contribution >= 0.6 is 0 Å². The topological polar surface area (TPSA) is 69.7 Å². The molecule has 1 fully saturated rings. The second-order valence-corrected chi connectivity index (χ2v) is 8.80. The van der Waals surface area contributed by atoms with Gasteiger partial charge in [-0.1, -0.05) is 24.6 Å². The molecule has 0 spiro atoms. The molecule has 27 heavy (non-hydrogen) atoms. The molecule has 144 valence electrons. The van der Waals surface area contributed by atoms with Crippen molar-refractivity contribution in [2.24, 2.45) is 0 Å². The van der Waals surface area contributed by atoms with E-state index in [9.17, 15) is 13.2 Å². The van der Waals surface area contributed by atoms with Crippen molar-refractivity contribution in [1.29, 1.82) is 0 Å². The molecular weight excluding hydrogens is 362 g/mol. The van der Waals surface area contributed by atoms with Crippen molar-refractivity contribution in [2.75, 3.05) is 37.4 Å². The van der Waals surface area contributed by atoms with Crippen LogP contribution in [-0.2, 0) is 10.0 Å². The van der Waals surface area contributed by atoms with Gasteiger partial charge in [0.2, 0.25) is 10.0 Å². The molecular formula is C20H25N3O3S. The van der Waals surface area contributed by atoms with Crippen LogP contribution in [0.4, 0.5) is 11.4 Å². The average Bonchev–Trinajstić information content (AvgIpc) is 2.69. The van der Waals surface area contributed by atoms with Crippen molar-refractivity contribution in [3.05, 3.63) is 54.1 Å². The van der Waals surface area contributed by atoms with Crippen LogP contribution in [0.1, 0.15) is 29.6 Å². The number of nitrogens with zero attached hydrogens (tertiary/aromatic N) is 2. The molecule has 1 amide bonds. The Morgan fingerprint density at radius 1 is 1.00 bits per heavy atom. The maximum atomic E-state index is 13.0. The first kappa shape index (κ1) is 19.4. The lowest BCUT2D eigenvalue weighted by atomic mass is 10.2. The number of anilines is 2. The average molecular weight is 388 g/mol. The highest BCUT2D eigenvalue weighted by Crippen LogP contribution is 2.30. The summed E-state index contributed by atoms with van der Waals surface area (Å²) < 4.78 is 27.5. The summed E-state index contributed by atoms with van der Waals surface area (Å²) in [6.07, 6.45) is 2.82. The van der Waals surface area contributed by atoms with Gasteiger partial charge in [0.1, 0.15) is 0 Å². The largest absolute Gasteiger partial charge is 0.376 e. The third-order valence-electron chi connectivity index (χ3n) is 4.69. The highest BCUT2D eigenvalue weighted by atomic mass is 32.2. The van der Waals surface area contributed by atoms with Gasteiger partial charge in [0.15, 0.2) is 0 Å². The minimum Gasteiger partial charge on any atom is -0.376 e. The predicted molar refractivity (Wildman–Crippen MR) is 108 cm³/mol. The van der Waals surface area contributed by atoms with Gasteiger partial charge in [-0.3, -0.25) is 4.79 Å². The molecule has 0 aromatic heterocycles. The van der Waals surface area contributed by atoms with Gasteiger partial charge >= 0.3 is 0 Å². The zero-order chi connectivity index (χ0) is 19.4. The smallest absolute Gasteiger partial charge is 0.255 e. The van der Waals surface area contributed by atoms with Crippen LogP contribution in [-0.4, -0.2) is 45.8 Å². The van der Waals surface area contributed by atoms with Gasteiger partial charge < -0.3 is 10.2 Å². The Balaban J connectivity index is 1.94. The Morgan fingerprint density at radius 3 is 2.30 bits per heavy atom. The predicted octanol–water partition coefficient (Wildman–Crippen LogP) is 3.18. The standard InChI is InChI=1S/C20H25N3O3S/c1-22(2)19-12-11-17(27(25,26)23-13-7-4-8-14-23)15-18(19)21-20(24)16-9-5-3-6-10-16/h3,5-6,9-12,15H,4,7-8,13-14H2,1-2H3,(H,21,24). The molecule has 0 radical (unpaired) electrons. The van der Waals surface area contributed by atoms with Crippen LogP contribution in [0, 0.1) is 0 Å². The Bertz CT molecular complexity index is 905. The van der Waals surface area contributed by atoms with Gasteiger partial charge in [-0.25, -0.2) is 8.42 Å². The molecule has 1 heterocycles. The first-order valence-electron chi connectivity index (χ1n) is 9.07. The van der Waals surface area contributed by atoms with E-state index in [2.05, 4.69) is 5.32 Å². The normalized spacial score (nSPS) is 15.3. The molecule has 0 unspecified atom stereocenters. The zero-order valence-electron chi connectivity index (χ0n) is 15.7. The molecule has 0 saturated carbocycles. The fraction of sp³-hybridized carbons (Fsp3) is 0.350. The fourth-order valence-electron chi connectivity index (χ4n) is 3.20. The Hall–Kier alpha value is -2.38. The highest BCUT2D eigenvalue weighted by molar-refractivity contribution is 7.89. The number of benzene rings is 2. The molecule has 7 heteroatoms. The Morgan fingerprint density at radius 2 is 1.67 bits per heavy atom. The number of rotatable bonds is 5. The summed E-state index contributed by atoms with van der Waals surface area (Å²) in [6, 6.07) is 13.8. The maximum Gasteiger partial charge on any atom is 0.255 e. The van der Waals surface area contributed by atoms with Crippen molar-refractivity contribution in [2.45, 2.75) is 24.2 Å². The summed E-state index contributed by atoms with van der Waals surface area (Å²) >= 11 is 0. The number of piperidine rings is 1. The SMILES string of the molecule is CN(C)c1ccc(S(=O)(=O)N2CCCCC2)cc1NC(=O)c1ccccc1. The van der Waals surface area contributed by atoms with Crippen molar-refractivity contribution in [3.63, 3.8) is 0 Å². The van der Waals surface area contributed by atoms with E-state index in [1.54, 1.807) is 42.5 Å². The molecule has 3 rings (SSSR count). The number of carbonyl (C=O) groups excluding carboxylic acids is 1. The first-order valence-corrected chi connectivity index (χ1v) is 10.5. The minimum absolute atomic E-state index is 0.207. The van der Waals surface area contributed by atoms with Gasteiger partial charge in [-0.15, -0.1) is 0 Å². The third kappa shape index (κ3) is 4.31. The molecule has 2 aromatic carbocycles. The van der Waals surface area contributed by atoms with Gasteiger partial charge in [0, 0.05) is 32.7 Å². The van der Waals surface area contributed by atoms with E-state index in [0.717, 1.165) is 24.9 Å². The van der Waals surface area contributed by atoms with Crippen molar-refractivity contribution in [3.8, 4) is 0 Å². The van der Waals surface area contributed by atoms with Gasteiger partial charge in [0.05, 0.1) is 16.3 Å². The monoisotopic (exact) mass is 387 g/mol. The molecule has 1 aliphatic rings. The second-order valence-electron chi connectivity index (χ2n) is 6.86. The van der Waals surface area contributed by atoms with E-state index in [1.807, 2.05) is 25.1 Å². The van der Waals surface area contributed by atoms with Crippen LogP contribution in [0.2, 0.25) is 0 Å². The number of sulfonamides is 1. The van der Waals surface area contributed by atoms with Crippen LogP contribution in [0.25, 0.3) is 0 Å². The van der Waals surface area contributed by atoms with Crippen molar-refractivity contribution in [1.82, 2.24) is 4.31 Å². The van der Waals surface area contributed by atoms with Crippen LogP contribution in [0.3, 0.4) is 0 Å². The summed E-state index contributed by atoms with van der Waals surface area (Å²) in [5.74, 6) is -0.272. The van der Waals surface area contributed by atoms with E-state index >= 15 is 0 Å². The van der Waals surface area contributed by atoms with Crippen LogP contribution in [0.5, 0.6) is 0 Å². The summed E-state index contributed by atoms with van der Waals surface area (Å²) in [5, 5.41) is 2.86. The lowest BCUT2D eigenvalue weighted by molar-refractivity contribution is 0.102. The van der Waals surface area contributed by atoms with Crippen molar-refractivity contribution >= 4 is 27.3 Å². The summed E-state index contributed by atoms with van der Waals surface area (Å²) in [6.45, 7) is 1.09. The van der Waals surface area contributed by atoms with Gasteiger partial charge in [0.25, 0.3) is 5.91 Å². The fourth-order valence-corrected chi connectivity index (χ4v) is 4.75. The van der Waals surface area contributed by atoms with Crippen LogP contribution in [0.15, 0.2) is 53.4 Å². The highest BCUT2D eigenvalue weighted by Gasteiger charge is 2.27. The minimum atomic E-state index is -3.56. The molecule has 1 saturated heterocycles. The van der Waals surface area contributed by atoms with E-state index in [4.69, 9.17) is 0 Å². The number of amides is 1. The molecule has 1 aliphatic heterocycles. The van der Waals surface area contributed by atoms with E-state index in [-0.39, 0.29) is 10.8 Å². The lowest BCUT2D eigenvalue weighted by Gasteiger charge is -2.26. The molecule has 0 aliphatic carbocycles. The third-order valence-corrected chi connectivity index (χ3v) is 6.58. The van der Waals surface area contributed by atoms with E-state index < -0.39 is 10.0 Å². The number of hydrogen-bond donors (Lipinski definition) is 1. The number of hydrogen-bond acceptors (Lipinski definition) is 4. The molecule has 0 bridgehead atoms. The second kappa shape index (κ2) is 8.10. The summed E-state index contributed by atoms with van der Waals surface area (Å²) in [4.78, 5) is 14.6. The molecule has 0 atom stereocenters. The lowest BCUT2D eigenvalue weighted by Crippen LogP contribution is -2.35. The van der Waals surface area contributed by atoms with Gasteiger partial charge in [-0.2, -0.15) is 4.31 Å². The van der Waals surface area contributed by atoms with Crippen LogP contribution < -0.4 is 10.2 Å². The van der Waals surface area contributed by atoms with Gasteiger partial charge in [-0.05, 0) is 43.2 Å². The van der Waals surface area contributed by atoms with Crippen molar-refractivity contribution < 1.29 is 13.2 Å². The van der Waals surface area contributed by atoms with E-state index in [1.165, 1.54) is 4.31 Å². The Kier molecular flexibility index (Phi) is 5.82. The summed E-state index contributed by atoms with van der Waals surface area (Å²) in [5.41, 5.74) is 1.75. The Labute approximate surface area is 160 Å². The maximum absolute atomic E-state index is 13.0. The molecule has 1 N–H and O–H groups in total. The molecule has 6 nitrogen and oxygen atoms in total. The summed E-state index contributed by atoms with van der Waals surface area (Å²) in [7, 11) is 0.143.